The molecule has 4 rings (SSSR count). The number of fused-ring (bicyclic) bond motifs is 1. The number of aromatic nitrogens is 6. The maximum atomic E-state index is 12.3. The second kappa shape index (κ2) is 7.97. The van der Waals surface area contributed by atoms with E-state index in [9.17, 15) is 9.59 Å². The number of hydrogen-bond donors (Lipinski definition) is 0. The minimum Gasteiger partial charge on any atom is -0.444 e. The van der Waals surface area contributed by atoms with Crippen LogP contribution in [-0.4, -0.2) is 59.2 Å². The number of amides is 1. The molecular formula is C20H25N7O4. The zero-order valence-corrected chi connectivity index (χ0v) is 18.0. The Morgan fingerprint density at radius 2 is 1.90 bits per heavy atom. The van der Waals surface area contributed by atoms with Gasteiger partial charge >= 0.3 is 6.09 Å². The van der Waals surface area contributed by atoms with Crippen molar-refractivity contribution in [1.29, 1.82) is 0 Å². The van der Waals surface area contributed by atoms with E-state index in [2.05, 4.69) is 20.2 Å². The van der Waals surface area contributed by atoms with Crippen LogP contribution in [0.3, 0.4) is 0 Å². The fraction of sp³-hybridized carbons (Fsp3) is 0.500. The van der Waals surface area contributed by atoms with Gasteiger partial charge in [-0.1, -0.05) is 0 Å². The van der Waals surface area contributed by atoms with E-state index in [-0.39, 0.29) is 23.6 Å². The van der Waals surface area contributed by atoms with E-state index in [1.165, 1.54) is 23.1 Å². The number of carbonyl (C=O) groups excluding carboxylic acids is 1. The van der Waals surface area contributed by atoms with Crippen molar-refractivity contribution in [2.45, 2.75) is 45.3 Å². The zero-order valence-electron chi connectivity index (χ0n) is 18.0. The summed E-state index contributed by atoms with van der Waals surface area (Å²) in [6.45, 7) is 6.74. The largest absolute Gasteiger partial charge is 0.444 e. The van der Waals surface area contributed by atoms with Gasteiger partial charge in [0.05, 0.1) is 12.2 Å². The number of aryl methyl sites for hydroxylation is 1. The van der Waals surface area contributed by atoms with Gasteiger partial charge in [-0.05, 0) is 33.6 Å². The predicted molar refractivity (Wildman–Crippen MR) is 111 cm³/mol. The number of carbonyl (C=O) groups is 1. The summed E-state index contributed by atoms with van der Waals surface area (Å²) in [4.78, 5) is 34.1. The maximum Gasteiger partial charge on any atom is 0.410 e. The zero-order chi connectivity index (χ0) is 22.2. The maximum absolute atomic E-state index is 12.3. The average molecular weight is 427 g/mol. The third-order valence-corrected chi connectivity index (χ3v) is 4.95. The molecule has 0 aliphatic carbocycles. The number of likely N-dealkylation sites (tertiary alicyclic amines) is 1. The highest BCUT2D eigenvalue weighted by atomic mass is 16.6. The van der Waals surface area contributed by atoms with Gasteiger partial charge in [0.1, 0.15) is 17.3 Å². The Morgan fingerprint density at radius 3 is 2.58 bits per heavy atom. The Labute approximate surface area is 178 Å². The second-order valence-electron chi connectivity index (χ2n) is 8.44. The lowest BCUT2D eigenvalue weighted by molar-refractivity contribution is 0.0186. The number of piperidine rings is 1. The smallest absolute Gasteiger partial charge is 0.410 e. The number of nitrogens with zero attached hydrogens (tertiary/aromatic N) is 7. The standard InChI is InChI=1S/C20H25N7O4/c1-20(2,3)31-19(29)26-9-7-13(8-10-26)27-17-14(11-23-27)18(22-12-21-17)30-15-5-6-16(28)25(4)24-15/h5-6,11-13H,7-10H2,1-4H3. The van der Waals surface area contributed by atoms with Crippen molar-refractivity contribution in [3.8, 4) is 11.8 Å². The lowest BCUT2D eigenvalue weighted by Crippen LogP contribution is -2.42. The normalized spacial score (nSPS) is 15.3. The molecule has 31 heavy (non-hydrogen) atoms. The summed E-state index contributed by atoms with van der Waals surface area (Å²) >= 11 is 0. The molecule has 0 aromatic carbocycles. The molecule has 1 fully saturated rings. The van der Waals surface area contributed by atoms with Gasteiger partial charge in [-0.3, -0.25) is 4.79 Å². The molecular weight excluding hydrogens is 402 g/mol. The molecule has 0 radical (unpaired) electrons. The van der Waals surface area contributed by atoms with Crippen LogP contribution in [0, 0.1) is 0 Å². The lowest BCUT2D eigenvalue weighted by Gasteiger charge is -2.33. The van der Waals surface area contributed by atoms with Crippen LogP contribution in [0.2, 0.25) is 0 Å². The molecule has 11 heteroatoms. The van der Waals surface area contributed by atoms with Gasteiger partial charge in [0, 0.05) is 32.3 Å². The molecule has 1 saturated heterocycles. The molecule has 0 spiro atoms. The third-order valence-electron chi connectivity index (χ3n) is 4.95. The van der Waals surface area contributed by atoms with Gasteiger partial charge in [-0.15, -0.1) is 5.10 Å². The minimum atomic E-state index is -0.515. The molecule has 0 atom stereocenters. The van der Waals surface area contributed by atoms with Crippen LogP contribution in [0.1, 0.15) is 39.7 Å². The molecule has 164 valence electrons. The predicted octanol–water partition coefficient (Wildman–Crippen LogP) is 2.28. The fourth-order valence-electron chi connectivity index (χ4n) is 3.44. The van der Waals surface area contributed by atoms with Gasteiger partial charge in [0.2, 0.25) is 11.8 Å². The second-order valence-corrected chi connectivity index (χ2v) is 8.44. The first-order valence-electron chi connectivity index (χ1n) is 10.1. The molecule has 1 aliphatic heterocycles. The monoisotopic (exact) mass is 427 g/mol. The van der Waals surface area contributed by atoms with Crippen molar-refractivity contribution in [3.63, 3.8) is 0 Å². The molecule has 0 saturated carbocycles. The first-order chi connectivity index (χ1) is 14.7. The Balaban J connectivity index is 1.50. The minimum absolute atomic E-state index is 0.0922. The van der Waals surface area contributed by atoms with Gasteiger partial charge in [-0.2, -0.15) is 5.10 Å². The summed E-state index contributed by atoms with van der Waals surface area (Å²) in [5, 5.41) is 9.22. The molecule has 4 heterocycles. The quantitative estimate of drug-likeness (QED) is 0.625. The lowest BCUT2D eigenvalue weighted by atomic mass is 10.1. The summed E-state index contributed by atoms with van der Waals surface area (Å²) in [7, 11) is 1.55. The van der Waals surface area contributed by atoms with Crippen LogP contribution in [0.25, 0.3) is 11.0 Å². The van der Waals surface area contributed by atoms with E-state index in [1.807, 2.05) is 25.5 Å². The van der Waals surface area contributed by atoms with E-state index in [0.29, 0.717) is 30.0 Å². The number of ether oxygens (including phenoxy) is 2. The summed E-state index contributed by atoms with van der Waals surface area (Å²) < 4.78 is 14.3. The fourth-order valence-corrected chi connectivity index (χ4v) is 3.44. The SMILES string of the molecule is Cn1nc(Oc2ncnc3c2cnn3C2CCN(C(=O)OC(C)(C)C)CC2)ccc1=O. The molecule has 3 aromatic rings. The van der Waals surface area contributed by atoms with Crippen molar-refractivity contribution in [2.75, 3.05) is 13.1 Å². The highest BCUT2D eigenvalue weighted by Crippen LogP contribution is 2.30. The van der Waals surface area contributed by atoms with Crippen LogP contribution < -0.4 is 10.3 Å². The van der Waals surface area contributed by atoms with Crippen LogP contribution in [0.4, 0.5) is 4.79 Å². The van der Waals surface area contributed by atoms with E-state index in [1.54, 1.807) is 18.1 Å². The summed E-state index contributed by atoms with van der Waals surface area (Å²) in [5.41, 5.74) is -0.101. The Kier molecular flexibility index (Phi) is 5.34. The summed E-state index contributed by atoms with van der Waals surface area (Å²) in [6, 6.07) is 2.96. The van der Waals surface area contributed by atoms with Crippen LogP contribution in [0.15, 0.2) is 29.5 Å². The van der Waals surface area contributed by atoms with Crippen molar-refractivity contribution in [3.05, 3.63) is 35.0 Å². The summed E-state index contributed by atoms with van der Waals surface area (Å²) in [5.74, 6) is 0.564. The first kappa shape index (κ1) is 20.8. The number of hydrogen-bond acceptors (Lipinski definition) is 8. The van der Waals surface area contributed by atoms with Crippen molar-refractivity contribution < 1.29 is 14.3 Å². The topological polar surface area (TPSA) is 117 Å². The van der Waals surface area contributed by atoms with E-state index in [0.717, 1.165) is 12.8 Å². The molecule has 11 nitrogen and oxygen atoms in total. The first-order valence-corrected chi connectivity index (χ1v) is 10.1. The van der Waals surface area contributed by atoms with Gasteiger partial charge in [0.25, 0.3) is 5.56 Å². The average Bonchev–Trinajstić information content (AvgIpc) is 3.15. The van der Waals surface area contributed by atoms with Gasteiger partial charge in [-0.25, -0.2) is 24.1 Å². The van der Waals surface area contributed by atoms with Gasteiger partial charge in [0.15, 0.2) is 5.65 Å². The molecule has 1 amide bonds. The molecule has 1 aliphatic rings. The van der Waals surface area contributed by atoms with Crippen molar-refractivity contribution in [1.82, 2.24) is 34.4 Å². The Bertz CT molecular complexity index is 1160. The molecule has 0 N–H and O–H groups in total. The number of rotatable bonds is 3. The van der Waals surface area contributed by atoms with Gasteiger partial charge < -0.3 is 14.4 Å². The third kappa shape index (κ3) is 4.49. The highest BCUT2D eigenvalue weighted by molar-refractivity contribution is 5.80. The Morgan fingerprint density at radius 1 is 1.16 bits per heavy atom. The molecule has 0 bridgehead atoms. The van der Waals surface area contributed by atoms with Crippen LogP contribution >= 0.6 is 0 Å². The van der Waals surface area contributed by atoms with E-state index >= 15 is 0 Å². The van der Waals surface area contributed by atoms with E-state index in [4.69, 9.17) is 9.47 Å². The van der Waals surface area contributed by atoms with Crippen LogP contribution in [-0.2, 0) is 11.8 Å². The highest BCUT2D eigenvalue weighted by Gasteiger charge is 2.29. The Hall–Kier alpha value is -3.50. The van der Waals surface area contributed by atoms with Crippen molar-refractivity contribution >= 4 is 17.1 Å². The van der Waals surface area contributed by atoms with Crippen molar-refractivity contribution in [2.24, 2.45) is 7.05 Å². The summed E-state index contributed by atoms with van der Waals surface area (Å²) in [6.07, 6.45) is 4.25. The molecule has 0 unspecified atom stereocenters. The molecule has 3 aromatic heterocycles. The van der Waals surface area contributed by atoms with Crippen LogP contribution in [0.5, 0.6) is 11.8 Å². The van der Waals surface area contributed by atoms with E-state index < -0.39 is 5.60 Å².